The number of carbonyl (C=O) groups excluding carboxylic acids is 1. The molecular weight excluding hydrogens is 360 g/mol. The highest BCUT2D eigenvalue weighted by Gasteiger charge is 2.25. The molecule has 3 rings (SSSR count). The number of esters is 1. The second-order valence-corrected chi connectivity index (χ2v) is 6.67. The zero-order chi connectivity index (χ0) is 19.6. The first-order chi connectivity index (χ1) is 13.0. The van der Waals surface area contributed by atoms with E-state index in [-0.39, 0.29) is 5.97 Å². The molecule has 0 aliphatic carbocycles. The van der Waals surface area contributed by atoms with E-state index in [0.29, 0.717) is 22.8 Å². The summed E-state index contributed by atoms with van der Waals surface area (Å²) in [5.74, 6) is -0.386. The van der Waals surface area contributed by atoms with Gasteiger partial charge in [0.2, 0.25) is 5.69 Å². The van der Waals surface area contributed by atoms with Crippen LogP contribution in [0.5, 0.6) is 0 Å². The predicted octanol–water partition coefficient (Wildman–Crippen LogP) is 5.81. The molecule has 0 unspecified atom stereocenters. The molecule has 2 aromatic carbocycles. The van der Waals surface area contributed by atoms with Gasteiger partial charge in [0.25, 0.3) is 0 Å². The van der Waals surface area contributed by atoms with Gasteiger partial charge in [-0.05, 0) is 31.0 Å². The number of hydrogen-bond donors (Lipinski definition) is 0. The molecule has 3 aromatic rings. The number of aromatic nitrogens is 1. The van der Waals surface area contributed by atoms with Crippen molar-refractivity contribution in [3.05, 3.63) is 87.5 Å². The van der Waals surface area contributed by atoms with E-state index in [1.807, 2.05) is 38.1 Å². The standard InChI is InChI=1S/C22H19ClN2O2/c1-14-20(17-10-11-19(24-3)18(23)12-17)21(22(26)27-4)15(2)25(14)13-16-8-6-5-7-9-16/h5-12H,13H2,1-2,4H3. The maximum absolute atomic E-state index is 12.5. The third-order valence-corrected chi connectivity index (χ3v) is 5.02. The largest absolute Gasteiger partial charge is 0.465 e. The number of carbonyl (C=O) groups is 1. The molecule has 0 saturated carbocycles. The molecule has 0 atom stereocenters. The van der Waals surface area contributed by atoms with Gasteiger partial charge < -0.3 is 9.30 Å². The Morgan fingerprint density at radius 3 is 2.44 bits per heavy atom. The number of halogens is 1. The van der Waals surface area contributed by atoms with Crippen LogP contribution in [0, 0.1) is 20.4 Å². The Hall–Kier alpha value is -3.03. The van der Waals surface area contributed by atoms with Gasteiger partial charge >= 0.3 is 5.97 Å². The summed E-state index contributed by atoms with van der Waals surface area (Å²) in [5, 5.41) is 0.367. The predicted molar refractivity (Wildman–Crippen MR) is 107 cm³/mol. The molecule has 0 fully saturated rings. The van der Waals surface area contributed by atoms with Crippen molar-refractivity contribution in [3.8, 4) is 11.1 Å². The smallest absolute Gasteiger partial charge is 0.340 e. The Balaban J connectivity index is 2.21. The minimum absolute atomic E-state index is 0.367. The van der Waals surface area contributed by atoms with Crippen LogP contribution in [0.15, 0.2) is 48.5 Å². The van der Waals surface area contributed by atoms with Crippen molar-refractivity contribution in [1.82, 2.24) is 4.57 Å². The van der Waals surface area contributed by atoms with Gasteiger partial charge in [-0.1, -0.05) is 54.1 Å². The molecule has 0 N–H and O–H groups in total. The van der Waals surface area contributed by atoms with Crippen molar-refractivity contribution in [2.75, 3.05) is 7.11 Å². The summed E-state index contributed by atoms with van der Waals surface area (Å²) < 4.78 is 7.14. The van der Waals surface area contributed by atoms with Gasteiger partial charge in [-0.2, -0.15) is 0 Å². The normalized spacial score (nSPS) is 10.5. The summed E-state index contributed by atoms with van der Waals surface area (Å²) in [5.41, 5.74) is 5.42. The highest BCUT2D eigenvalue weighted by molar-refractivity contribution is 6.33. The number of ether oxygens (including phenoxy) is 1. The molecule has 0 saturated heterocycles. The van der Waals surface area contributed by atoms with E-state index in [1.54, 1.807) is 12.1 Å². The average molecular weight is 379 g/mol. The zero-order valence-corrected chi connectivity index (χ0v) is 16.2. The molecule has 27 heavy (non-hydrogen) atoms. The minimum atomic E-state index is -0.386. The summed E-state index contributed by atoms with van der Waals surface area (Å²) in [6, 6.07) is 15.3. The van der Waals surface area contributed by atoms with Crippen LogP contribution in [0.1, 0.15) is 27.3 Å². The zero-order valence-electron chi connectivity index (χ0n) is 15.4. The van der Waals surface area contributed by atoms with Crippen LogP contribution in [0.4, 0.5) is 5.69 Å². The van der Waals surface area contributed by atoms with Gasteiger partial charge in [-0.15, -0.1) is 0 Å². The monoisotopic (exact) mass is 378 g/mol. The van der Waals surface area contributed by atoms with Crippen LogP contribution in [-0.4, -0.2) is 17.6 Å². The highest BCUT2D eigenvalue weighted by Crippen LogP contribution is 2.37. The Morgan fingerprint density at radius 2 is 1.85 bits per heavy atom. The molecular formula is C22H19ClN2O2. The van der Waals surface area contributed by atoms with Crippen molar-refractivity contribution in [3.63, 3.8) is 0 Å². The summed E-state index contributed by atoms with van der Waals surface area (Å²) in [6.07, 6.45) is 0. The van der Waals surface area contributed by atoms with Crippen LogP contribution in [0.3, 0.4) is 0 Å². The average Bonchev–Trinajstić information content (AvgIpc) is 2.93. The molecule has 136 valence electrons. The number of hydrogen-bond acceptors (Lipinski definition) is 2. The lowest BCUT2D eigenvalue weighted by atomic mass is 10.00. The first kappa shape index (κ1) is 18.8. The Labute approximate surface area is 163 Å². The second-order valence-electron chi connectivity index (χ2n) is 6.26. The Kier molecular flexibility index (Phi) is 5.34. The third kappa shape index (κ3) is 3.47. The molecule has 0 bridgehead atoms. The first-order valence-corrected chi connectivity index (χ1v) is 8.85. The maximum atomic E-state index is 12.5. The summed E-state index contributed by atoms with van der Waals surface area (Å²) in [4.78, 5) is 15.9. The lowest BCUT2D eigenvalue weighted by Gasteiger charge is -2.10. The van der Waals surface area contributed by atoms with Crippen molar-refractivity contribution in [1.29, 1.82) is 0 Å². The van der Waals surface area contributed by atoms with Gasteiger partial charge in [0.1, 0.15) is 0 Å². The number of rotatable bonds is 4. The van der Waals surface area contributed by atoms with Crippen LogP contribution in [-0.2, 0) is 11.3 Å². The Bertz CT molecular complexity index is 1050. The van der Waals surface area contributed by atoms with E-state index in [9.17, 15) is 4.79 Å². The number of methoxy groups -OCH3 is 1. The highest BCUT2D eigenvalue weighted by atomic mass is 35.5. The van der Waals surface area contributed by atoms with Gasteiger partial charge in [0.15, 0.2) is 0 Å². The first-order valence-electron chi connectivity index (χ1n) is 8.47. The van der Waals surface area contributed by atoms with Crippen LogP contribution >= 0.6 is 11.6 Å². The van der Waals surface area contributed by atoms with Crippen molar-refractivity contribution >= 4 is 23.3 Å². The van der Waals surface area contributed by atoms with Crippen molar-refractivity contribution in [2.24, 2.45) is 0 Å². The fraction of sp³-hybridized carbons (Fsp3) is 0.182. The second kappa shape index (κ2) is 7.69. The number of benzene rings is 2. The van der Waals surface area contributed by atoms with E-state index in [2.05, 4.69) is 21.5 Å². The van der Waals surface area contributed by atoms with Gasteiger partial charge in [0, 0.05) is 28.5 Å². The molecule has 1 aromatic heterocycles. The SMILES string of the molecule is [C-]#[N+]c1ccc(-c2c(C(=O)OC)c(C)n(Cc3ccccc3)c2C)cc1Cl. The molecule has 0 aliphatic rings. The van der Waals surface area contributed by atoms with E-state index in [0.717, 1.165) is 28.1 Å². The minimum Gasteiger partial charge on any atom is -0.465 e. The van der Waals surface area contributed by atoms with E-state index in [4.69, 9.17) is 22.9 Å². The van der Waals surface area contributed by atoms with Crippen LogP contribution in [0.25, 0.3) is 16.0 Å². The van der Waals surface area contributed by atoms with Crippen LogP contribution in [0.2, 0.25) is 5.02 Å². The Morgan fingerprint density at radius 1 is 1.15 bits per heavy atom. The lowest BCUT2D eigenvalue weighted by molar-refractivity contribution is 0.0600. The molecule has 1 heterocycles. The van der Waals surface area contributed by atoms with Gasteiger partial charge in [-0.3, -0.25) is 0 Å². The molecule has 0 spiro atoms. The van der Waals surface area contributed by atoms with E-state index < -0.39 is 0 Å². The van der Waals surface area contributed by atoms with Gasteiger partial charge in [-0.25, -0.2) is 9.64 Å². The molecule has 5 heteroatoms. The van der Waals surface area contributed by atoms with Crippen LogP contribution < -0.4 is 0 Å². The molecule has 0 radical (unpaired) electrons. The van der Waals surface area contributed by atoms with E-state index in [1.165, 1.54) is 7.11 Å². The summed E-state index contributed by atoms with van der Waals surface area (Å²) in [6.45, 7) is 11.7. The molecule has 0 aliphatic heterocycles. The van der Waals surface area contributed by atoms with E-state index >= 15 is 0 Å². The summed E-state index contributed by atoms with van der Waals surface area (Å²) in [7, 11) is 1.38. The quantitative estimate of drug-likeness (QED) is 0.424. The van der Waals surface area contributed by atoms with Crippen molar-refractivity contribution < 1.29 is 9.53 Å². The van der Waals surface area contributed by atoms with Crippen molar-refractivity contribution in [2.45, 2.75) is 20.4 Å². The molecule has 4 nitrogen and oxygen atoms in total. The summed E-state index contributed by atoms with van der Waals surface area (Å²) >= 11 is 6.24. The van der Waals surface area contributed by atoms with Gasteiger partial charge in [0.05, 0.1) is 19.2 Å². The fourth-order valence-corrected chi connectivity index (χ4v) is 3.57. The topological polar surface area (TPSA) is 35.6 Å². The lowest BCUT2D eigenvalue weighted by Crippen LogP contribution is -2.07. The molecule has 0 amide bonds. The fourth-order valence-electron chi connectivity index (χ4n) is 3.34. The maximum Gasteiger partial charge on any atom is 0.340 e. The third-order valence-electron chi connectivity index (χ3n) is 4.71. The number of nitrogens with zero attached hydrogens (tertiary/aromatic N) is 2.